The molecule has 0 aliphatic carbocycles. The summed E-state index contributed by atoms with van der Waals surface area (Å²) in [6.07, 6.45) is 8.30. The Labute approximate surface area is 79.6 Å². The van der Waals surface area contributed by atoms with E-state index in [0.717, 1.165) is 12.0 Å². The van der Waals surface area contributed by atoms with Gasteiger partial charge in [-0.3, -0.25) is 4.98 Å². The monoisotopic (exact) mass is 179 g/mol. The molecule has 0 unspecified atom stereocenters. The van der Waals surface area contributed by atoms with Crippen LogP contribution in [0.25, 0.3) is 0 Å². The first kappa shape index (κ1) is 10.2. The second-order valence-electron chi connectivity index (χ2n) is 3.26. The molecule has 0 aromatic carbocycles. The molecule has 13 heavy (non-hydrogen) atoms. The molecule has 0 atom stereocenters. The third-order valence-corrected chi connectivity index (χ3v) is 2.22. The zero-order valence-electron chi connectivity index (χ0n) is 8.16. The van der Waals surface area contributed by atoms with Gasteiger partial charge >= 0.3 is 0 Å². The Morgan fingerprint density at radius 2 is 2.15 bits per heavy atom. The van der Waals surface area contributed by atoms with Crippen molar-refractivity contribution < 1.29 is 5.11 Å². The van der Waals surface area contributed by atoms with Crippen LogP contribution < -0.4 is 0 Å². The molecule has 0 bridgehead atoms. The van der Waals surface area contributed by atoms with E-state index in [4.69, 9.17) is 5.11 Å². The summed E-state index contributed by atoms with van der Waals surface area (Å²) >= 11 is 0. The fraction of sp³-hybridized carbons (Fsp3) is 0.545. The highest BCUT2D eigenvalue weighted by Crippen LogP contribution is 2.10. The molecule has 1 N–H and O–H groups in total. The number of aromatic nitrogens is 1. The van der Waals surface area contributed by atoms with Gasteiger partial charge in [-0.15, -0.1) is 0 Å². The second-order valence-corrected chi connectivity index (χ2v) is 3.26. The Morgan fingerprint density at radius 3 is 2.85 bits per heavy atom. The van der Waals surface area contributed by atoms with Gasteiger partial charge in [0.1, 0.15) is 0 Å². The lowest BCUT2D eigenvalue weighted by Crippen LogP contribution is -1.95. The number of aliphatic hydroxyl groups excluding tert-OH is 1. The van der Waals surface area contributed by atoms with Gasteiger partial charge in [0.2, 0.25) is 0 Å². The van der Waals surface area contributed by atoms with Gasteiger partial charge < -0.3 is 5.11 Å². The van der Waals surface area contributed by atoms with Crippen LogP contribution in [0.15, 0.2) is 18.5 Å². The Kier molecular flexibility index (Phi) is 4.47. The maximum atomic E-state index is 9.05. The van der Waals surface area contributed by atoms with Crippen molar-refractivity contribution in [1.82, 2.24) is 4.98 Å². The summed E-state index contributed by atoms with van der Waals surface area (Å²) < 4.78 is 0. The molecule has 0 spiro atoms. The van der Waals surface area contributed by atoms with Gasteiger partial charge in [0, 0.05) is 12.4 Å². The Balaban J connectivity index is 2.54. The summed E-state index contributed by atoms with van der Waals surface area (Å²) in [5, 5.41) is 9.05. The van der Waals surface area contributed by atoms with Crippen LogP contribution in [0.5, 0.6) is 0 Å². The van der Waals surface area contributed by atoms with Crippen molar-refractivity contribution in [3.8, 4) is 0 Å². The highest BCUT2D eigenvalue weighted by Gasteiger charge is 1.99. The zero-order valence-corrected chi connectivity index (χ0v) is 8.16. The van der Waals surface area contributed by atoms with Crippen molar-refractivity contribution in [2.75, 3.05) is 0 Å². The Hall–Kier alpha value is -0.890. The standard InChI is InChI=1S/C11H17NO/c1-2-3-4-5-10-8-12-7-6-11(10)9-13/h6-8,13H,2-5,9H2,1H3. The van der Waals surface area contributed by atoms with Crippen molar-refractivity contribution in [3.63, 3.8) is 0 Å². The molecule has 0 radical (unpaired) electrons. The molecule has 2 nitrogen and oxygen atoms in total. The molecule has 72 valence electrons. The van der Waals surface area contributed by atoms with Crippen LogP contribution in [0.3, 0.4) is 0 Å². The highest BCUT2D eigenvalue weighted by atomic mass is 16.3. The van der Waals surface area contributed by atoms with Gasteiger partial charge in [0.15, 0.2) is 0 Å². The van der Waals surface area contributed by atoms with E-state index >= 15 is 0 Å². The van der Waals surface area contributed by atoms with E-state index in [1.807, 2.05) is 12.3 Å². The first-order chi connectivity index (χ1) is 6.38. The first-order valence-electron chi connectivity index (χ1n) is 4.91. The number of aliphatic hydroxyl groups is 1. The Bertz CT molecular complexity index is 248. The van der Waals surface area contributed by atoms with Gasteiger partial charge in [-0.1, -0.05) is 19.8 Å². The number of unbranched alkanes of at least 4 members (excludes halogenated alkanes) is 2. The van der Waals surface area contributed by atoms with E-state index in [9.17, 15) is 0 Å². The minimum absolute atomic E-state index is 0.129. The summed E-state index contributed by atoms with van der Waals surface area (Å²) in [5.74, 6) is 0. The van der Waals surface area contributed by atoms with E-state index in [2.05, 4.69) is 11.9 Å². The van der Waals surface area contributed by atoms with Crippen LogP contribution in [0.2, 0.25) is 0 Å². The summed E-state index contributed by atoms with van der Waals surface area (Å²) in [5.41, 5.74) is 2.21. The smallest absolute Gasteiger partial charge is 0.0685 e. The summed E-state index contributed by atoms with van der Waals surface area (Å²) in [6.45, 7) is 2.32. The quantitative estimate of drug-likeness (QED) is 0.703. The first-order valence-corrected chi connectivity index (χ1v) is 4.91. The van der Waals surface area contributed by atoms with Gasteiger partial charge in [0.05, 0.1) is 6.61 Å². The molecule has 1 rings (SSSR count). The van der Waals surface area contributed by atoms with Crippen LogP contribution >= 0.6 is 0 Å². The lowest BCUT2D eigenvalue weighted by molar-refractivity contribution is 0.280. The normalized spacial score (nSPS) is 10.3. The maximum absolute atomic E-state index is 9.05. The molecule has 2 heteroatoms. The number of nitrogens with zero attached hydrogens (tertiary/aromatic N) is 1. The summed E-state index contributed by atoms with van der Waals surface area (Å²) in [7, 11) is 0. The second kappa shape index (κ2) is 5.70. The molecule has 1 heterocycles. The SMILES string of the molecule is CCCCCc1cnccc1CO. The Morgan fingerprint density at radius 1 is 1.31 bits per heavy atom. The lowest BCUT2D eigenvalue weighted by atomic mass is 10.0. The van der Waals surface area contributed by atoms with E-state index in [-0.39, 0.29) is 6.61 Å². The molecule has 1 aromatic heterocycles. The molecule has 0 fully saturated rings. The van der Waals surface area contributed by atoms with E-state index in [1.54, 1.807) is 6.20 Å². The number of hydrogen-bond donors (Lipinski definition) is 1. The van der Waals surface area contributed by atoms with Crippen LogP contribution in [0.1, 0.15) is 37.3 Å². The molecule has 0 aliphatic heterocycles. The van der Waals surface area contributed by atoms with E-state index in [1.165, 1.54) is 24.8 Å². The minimum Gasteiger partial charge on any atom is -0.392 e. The van der Waals surface area contributed by atoms with E-state index < -0.39 is 0 Å². The van der Waals surface area contributed by atoms with Crippen molar-refractivity contribution in [1.29, 1.82) is 0 Å². The average molecular weight is 179 g/mol. The molecule has 0 saturated heterocycles. The predicted octanol–water partition coefficient (Wildman–Crippen LogP) is 2.31. The number of hydrogen-bond acceptors (Lipinski definition) is 2. The summed E-state index contributed by atoms with van der Waals surface area (Å²) in [4.78, 5) is 4.06. The fourth-order valence-electron chi connectivity index (χ4n) is 1.40. The van der Waals surface area contributed by atoms with E-state index in [0.29, 0.717) is 0 Å². The molecule has 0 aliphatic rings. The molecular formula is C11H17NO. The zero-order chi connectivity index (χ0) is 9.52. The van der Waals surface area contributed by atoms with Crippen molar-refractivity contribution in [2.24, 2.45) is 0 Å². The topological polar surface area (TPSA) is 33.1 Å². The third-order valence-electron chi connectivity index (χ3n) is 2.22. The van der Waals surface area contributed by atoms with Crippen LogP contribution in [0.4, 0.5) is 0 Å². The van der Waals surface area contributed by atoms with Crippen LogP contribution in [-0.2, 0) is 13.0 Å². The highest BCUT2D eigenvalue weighted by molar-refractivity contribution is 5.22. The molecule has 0 saturated carbocycles. The molecular weight excluding hydrogens is 162 g/mol. The predicted molar refractivity (Wildman–Crippen MR) is 53.4 cm³/mol. The van der Waals surface area contributed by atoms with Crippen LogP contribution in [-0.4, -0.2) is 10.1 Å². The number of aryl methyl sites for hydroxylation is 1. The van der Waals surface area contributed by atoms with Gasteiger partial charge in [-0.2, -0.15) is 0 Å². The number of rotatable bonds is 5. The summed E-state index contributed by atoms with van der Waals surface area (Å²) in [6, 6.07) is 1.89. The van der Waals surface area contributed by atoms with Crippen molar-refractivity contribution in [2.45, 2.75) is 39.2 Å². The maximum Gasteiger partial charge on any atom is 0.0685 e. The molecule has 0 amide bonds. The minimum atomic E-state index is 0.129. The van der Waals surface area contributed by atoms with Gasteiger partial charge in [-0.25, -0.2) is 0 Å². The molecule has 1 aromatic rings. The van der Waals surface area contributed by atoms with Crippen molar-refractivity contribution >= 4 is 0 Å². The fourth-order valence-corrected chi connectivity index (χ4v) is 1.40. The van der Waals surface area contributed by atoms with Crippen LogP contribution in [0, 0.1) is 0 Å². The van der Waals surface area contributed by atoms with Gasteiger partial charge in [-0.05, 0) is 30.0 Å². The third kappa shape index (κ3) is 3.15. The lowest BCUT2D eigenvalue weighted by Gasteiger charge is -2.05. The largest absolute Gasteiger partial charge is 0.392 e. The number of pyridine rings is 1. The van der Waals surface area contributed by atoms with Gasteiger partial charge in [0.25, 0.3) is 0 Å². The van der Waals surface area contributed by atoms with Crippen molar-refractivity contribution in [3.05, 3.63) is 29.6 Å². The average Bonchev–Trinajstić information content (AvgIpc) is 2.19.